The van der Waals surface area contributed by atoms with Crippen LogP contribution in [0.25, 0.3) is 0 Å². The van der Waals surface area contributed by atoms with Crippen LogP contribution in [0.3, 0.4) is 0 Å². The zero-order valence-electron chi connectivity index (χ0n) is 16.5. The van der Waals surface area contributed by atoms with Crippen LogP contribution >= 0.6 is 0 Å². The van der Waals surface area contributed by atoms with Crippen LogP contribution in [0.1, 0.15) is 51.0 Å². The standard InChI is InChI=1S/C21H30N2O5/c1-14(24)12-27-19-9-8-18(17-7-10-20(26)23-21(17)19)28-13-16(25)11-22-15-5-3-2-4-6-15/h8-9,15-16,22,25H,2-7,10-13H2,1H3,(H,23,26). The molecule has 1 unspecified atom stereocenters. The van der Waals surface area contributed by atoms with E-state index in [2.05, 4.69) is 10.6 Å². The van der Waals surface area contributed by atoms with Gasteiger partial charge in [0, 0.05) is 24.6 Å². The summed E-state index contributed by atoms with van der Waals surface area (Å²) in [5, 5.41) is 16.5. The number of benzene rings is 1. The number of rotatable bonds is 9. The van der Waals surface area contributed by atoms with Crippen LogP contribution < -0.4 is 20.1 Å². The smallest absolute Gasteiger partial charge is 0.224 e. The molecule has 1 fully saturated rings. The number of aliphatic hydroxyl groups excluding tert-OH is 1. The summed E-state index contributed by atoms with van der Waals surface area (Å²) < 4.78 is 11.4. The Balaban J connectivity index is 1.59. The third kappa shape index (κ3) is 5.69. The van der Waals surface area contributed by atoms with Crippen molar-refractivity contribution < 1.29 is 24.2 Å². The fourth-order valence-corrected chi connectivity index (χ4v) is 3.72. The van der Waals surface area contributed by atoms with Crippen LogP contribution in [0.4, 0.5) is 5.69 Å². The highest BCUT2D eigenvalue weighted by molar-refractivity contribution is 5.96. The molecule has 28 heavy (non-hydrogen) atoms. The number of ketones is 1. The lowest BCUT2D eigenvalue weighted by Crippen LogP contribution is -2.39. The number of amides is 1. The van der Waals surface area contributed by atoms with Crippen molar-refractivity contribution in [3.63, 3.8) is 0 Å². The highest BCUT2D eigenvalue weighted by Crippen LogP contribution is 2.39. The summed E-state index contributed by atoms with van der Waals surface area (Å²) in [5.74, 6) is 0.908. The minimum Gasteiger partial charge on any atom is -0.490 e. The van der Waals surface area contributed by atoms with E-state index >= 15 is 0 Å². The predicted molar refractivity (Wildman–Crippen MR) is 106 cm³/mol. The Morgan fingerprint density at radius 3 is 2.71 bits per heavy atom. The van der Waals surface area contributed by atoms with Crippen molar-refractivity contribution in [1.29, 1.82) is 0 Å². The highest BCUT2D eigenvalue weighted by atomic mass is 16.5. The molecule has 2 aliphatic rings. The Bertz CT molecular complexity index is 700. The second-order valence-electron chi connectivity index (χ2n) is 7.66. The number of hydrogen-bond donors (Lipinski definition) is 3. The molecular weight excluding hydrogens is 360 g/mol. The molecule has 0 saturated heterocycles. The van der Waals surface area contributed by atoms with Crippen LogP contribution in [0.2, 0.25) is 0 Å². The van der Waals surface area contributed by atoms with E-state index in [0.29, 0.717) is 42.6 Å². The molecule has 0 aromatic heterocycles. The van der Waals surface area contributed by atoms with Gasteiger partial charge in [0.15, 0.2) is 5.78 Å². The van der Waals surface area contributed by atoms with Crippen molar-refractivity contribution in [3.8, 4) is 11.5 Å². The zero-order valence-corrected chi connectivity index (χ0v) is 16.5. The summed E-state index contributed by atoms with van der Waals surface area (Å²) in [7, 11) is 0. The molecule has 1 saturated carbocycles. The van der Waals surface area contributed by atoms with Crippen LogP contribution in [0, 0.1) is 0 Å². The van der Waals surface area contributed by atoms with Crippen molar-refractivity contribution in [2.24, 2.45) is 0 Å². The van der Waals surface area contributed by atoms with Crippen molar-refractivity contribution >= 4 is 17.4 Å². The lowest BCUT2D eigenvalue weighted by Gasteiger charge is -2.25. The van der Waals surface area contributed by atoms with Gasteiger partial charge in [-0.2, -0.15) is 0 Å². The van der Waals surface area contributed by atoms with E-state index in [1.165, 1.54) is 39.0 Å². The van der Waals surface area contributed by atoms with Gasteiger partial charge >= 0.3 is 0 Å². The normalized spacial score (nSPS) is 18.1. The van der Waals surface area contributed by atoms with E-state index in [1.54, 1.807) is 12.1 Å². The third-order valence-electron chi connectivity index (χ3n) is 5.21. The summed E-state index contributed by atoms with van der Waals surface area (Å²) >= 11 is 0. The third-order valence-corrected chi connectivity index (χ3v) is 5.21. The molecule has 1 amide bonds. The fraction of sp³-hybridized carbons (Fsp3) is 0.619. The molecule has 7 heteroatoms. The maximum atomic E-state index is 11.8. The van der Waals surface area contributed by atoms with Gasteiger partial charge in [-0.25, -0.2) is 0 Å². The molecule has 1 aliphatic carbocycles. The first-order valence-corrected chi connectivity index (χ1v) is 10.1. The fourth-order valence-electron chi connectivity index (χ4n) is 3.72. The number of fused-ring (bicyclic) bond motifs is 1. The molecule has 3 rings (SSSR count). The summed E-state index contributed by atoms with van der Waals surface area (Å²) in [4.78, 5) is 23.0. The lowest BCUT2D eigenvalue weighted by molar-refractivity contribution is -0.119. The second kappa shape index (κ2) is 9.89. The van der Waals surface area contributed by atoms with E-state index in [9.17, 15) is 14.7 Å². The van der Waals surface area contributed by atoms with Crippen molar-refractivity contribution in [1.82, 2.24) is 5.32 Å². The molecule has 0 radical (unpaired) electrons. The van der Waals surface area contributed by atoms with Crippen molar-refractivity contribution in [2.45, 2.75) is 64.0 Å². The Morgan fingerprint density at radius 2 is 1.96 bits per heavy atom. The number of carbonyl (C=O) groups excluding carboxylic acids is 2. The van der Waals surface area contributed by atoms with Crippen LogP contribution in [-0.2, 0) is 16.0 Å². The predicted octanol–water partition coefficient (Wildman–Crippen LogP) is 2.20. The van der Waals surface area contributed by atoms with Crippen LogP contribution in [0.15, 0.2) is 12.1 Å². The van der Waals surface area contributed by atoms with Gasteiger partial charge in [0.2, 0.25) is 5.91 Å². The number of Topliss-reactive ketones (excluding diaryl/α,β-unsaturated/α-hetero) is 1. The summed E-state index contributed by atoms with van der Waals surface area (Å²) in [6.07, 6.45) is 6.43. The van der Waals surface area contributed by atoms with Gasteiger partial charge < -0.3 is 25.2 Å². The van der Waals surface area contributed by atoms with E-state index in [0.717, 1.165) is 5.56 Å². The van der Waals surface area contributed by atoms with Gasteiger partial charge in [0.25, 0.3) is 0 Å². The highest BCUT2D eigenvalue weighted by Gasteiger charge is 2.23. The van der Waals surface area contributed by atoms with Gasteiger partial charge in [-0.1, -0.05) is 19.3 Å². The van der Waals surface area contributed by atoms with E-state index in [4.69, 9.17) is 9.47 Å². The van der Waals surface area contributed by atoms with Crippen LogP contribution in [-0.4, -0.2) is 48.7 Å². The van der Waals surface area contributed by atoms with Gasteiger partial charge in [-0.3, -0.25) is 9.59 Å². The Hall–Kier alpha value is -2.12. The average molecular weight is 390 g/mol. The molecule has 1 atom stereocenters. The van der Waals surface area contributed by atoms with Gasteiger partial charge in [-0.05, 0) is 38.3 Å². The maximum absolute atomic E-state index is 11.8. The molecule has 1 heterocycles. The Kier molecular flexibility index (Phi) is 7.28. The summed E-state index contributed by atoms with van der Waals surface area (Å²) in [5.41, 5.74) is 1.40. The lowest BCUT2D eigenvalue weighted by atomic mass is 9.95. The minimum atomic E-state index is -0.607. The molecule has 7 nitrogen and oxygen atoms in total. The quantitative estimate of drug-likeness (QED) is 0.598. The number of hydrogen-bond acceptors (Lipinski definition) is 6. The van der Waals surface area contributed by atoms with E-state index in [1.807, 2.05) is 0 Å². The van der Waals surface area contributed by atoms with Gasteiger partial charge in [-0.15, -0.1) is 0 Å². The average Bonchev–Trinajstić information content (AvgIpc) is 2.70. The van der Waals surface area contributed by atoms with E-state index < -0.39 is 6.10 Å². The first-order valence-electron chi connectivity index (χ1n) is 10.1. The molecule has 0 bridgehead atoms. The first-order chi connectivity index (χ1) is 13.5. The number of carbonyl (C=O) groups is 2. The van der Waals surface area contributed by atoms with Gasteiger partial charge in [0.05, 0.1) is 5.69 Å². The SMILES string of the molecule is CC(=O)COc1ccc(OCC(O)CNC2CCCCC2)c2c1NC(=O)CC2. The largest absolute Gasteiger partial charge is 0.490 e. The summed E-state index contributed by atoms with van der Waals surface area (Å²) in [6.45, 7) is 2.08. The minimum absolute atomic E-state index is 0.0476. The summed E-state index contributed by atoms with van der Waals surface area (Å²) in [6, 6.07) is 3.95. The molecular formula is C21H30N2O5. The number of anilines is 1. The van der Waals surface area contributed by atoms with Crippen LogP contribution in [0.5, 0.6) is 11.5 Å². The van der Waals surface area contributed by atoms with Crippen molar-refractivity contribution in [3.05, 3.63) is 17.7 Å². The number of aliphatic hydroxyl groups is 1. The molecule has 0 spiro atoms. The molecule has 3 N–H and O–H groups in total. The topological polar surface area (TPSA) is 96.9 Å². The zero-order chi connectivity index (χ0) is 19.9. The monoisotopic (exact) mass is 390 g/mol. The van der Waals surface area contributed by atoms with Gasteiger partial charge in [0.1, 0.15) is 30.8 Å². The second-order valence-corrected chi connectivity index (χ2v) is 7.66. The molecule has 154 valence electrons. The molecule has 1 aromatic carbocycles. The number of ether oxygens (including phenoxy) is 2. The first kappa shape index (κ1) is 20.6. The Morgan fingerprint density at radius 1 is 1.21 bits per heavy atom. The van der Waals surface area contributed by atoms with E-state index in [-0.39, 0.29) is 24.9 Å². The maximum Gasteiger partial charge on any atom is 0.224 e. The molecule has 1 aliphatic heterocycles. The Labute approximate surface area is 165 Å². The van der Waals surface area contributed by atoms with Crippen molar-refractivity contribution in [2.75, 3.05) is 25.1 Å². The number of nitrogens with one attached hydrogen (secondary N) is 2. The molecule has 1 aromatic rings.